The van der Waals surface area contributed by atoms with Gasteiger partial charge in [0.05, 0.1) is 29.9 Å². The number of ether oxygens (including phenoxy) is 3. The van der Waals surface area contributed by atoms with Crippen molar-refractivity contribution in [2.45, 2.75) is 73.1 Å². The lowest BCUT2D eigenvalue weighted by molar-refractivity contribution is -0.147. The summed E-state index contributed by atoms with van der Waals surface area (Å²) in [5.41, 5.74) is 0.414. The molecule has 0 aliphatic heterocycles. The summed E-state index contributed by atoms with van der Waals surface area (Å²) in [6.07, 6.45) is 5.40. The van der Waals surface area contributed by atoms with E-state index < -0.39 is 11.9 Å². The molecule has 1 aromatic carbocycles. The summed E-state index contributed by atoms with van der Waals surface area (Å²) in [5, 5.41) is 0. The van der Waals surface area contributed by atoms with E-state index in [1.165, 1.54) is 14.2 Å². The van der Waals surface area contributed by atoms with Crippen LogP contribution in [0.2, 0.25) is 0 Å². The van der Waals surface area contributed by atoms with Crippen LogP contribution in [0.4, 0.5) is 0 Å². The zero-order valence-corrected chi connectivity index (χ0v) is 22.4. The average Bonchev–Trinajstić information content (AvgIpc) is 2.76. The zero-order chi connectivity index (χ0) is 24.7. The molecular weight excluding hydrogens is 427 g/mol. The van der Waals surface area contributed by atoms with Crippen LogP contribution < -0.4 is 9.47 Å². The number of carbonyl (C=O) groups is 2. The van der Waals surface area contributed by atoms with Crippen LogP contribution in [0.1, 0.15) is 83.5 Å². The molecule has 0 aliphatic carbocycles. The summed E-state index contributed by atoms with van der Waals surface area (Å²) in [6, 6.07) is 5.18. The van der Waals surface area contributed by atoms with Crippen molar-refractivity contribution in [2.24, 2.45) is 17.3 Å². The lowest BCUT2D eigenvalue weighted by Crippen LogP contribution is -2.30. The first-order valence-electron chi connectivity index (χ1n) is 11.3. The normalized spacial score (nSPS) is 12.8. The van der Waals surface area contributed by atoms with Crippen LogP contribution in [-0.2, 0) is 14.1 Å². The van der Waals surface area contributed by atoms with Gasteiger partial charge < -0.3 is 18.8 Å². The molecule has 0 saturated carbocycles. The number of hydrogen-bond acceptors (Lipinski definition) is 6. The fraction of sp³-hybridized carbons (Fsp3) is 0.680. The second kappa shape index (κ2) is 15.9. The van der Waals surface area contributed by atoms with Gasteiger partial charge in [-0.3, -0.25) is 9.59 Å². The number of Topliss-reactive ketones (excluding diaryl/α,β-unsaturated/α-hetero) is 1. The number of hydrogen-bond donors (Lipinski definition) is 0. The Morgan fingerprint density at radius 2 is 1.56 bits per heavy atom. The Morgan fingerprint density at radius 3 is 2.03 bits per heavy atom. The fourth-order valence-electron chi connectivity index (χ4n) is 3.91. The first-order valence-corrected chi connectivity index (χ1v) is 11.9. The summed E-state index contributed by atoms with van der Waals surface area (Å²) < 4.78 is 24.6. The molecule has 184 valence electrons. The van der Waals surface area contributed by atoms with Crippen LogP contribution in [0.15, 0.2) is 18.2 Å². The third-order valence-electron chi connectivity index (χ3n) is 5.12. The minimum atomic E-state index is -0.876. The molecule has 6 nitrogen and oxygen atoms in total. The van der Waals surface area contributed by atoms with Crippen molar-refractivity contribution in [1.82, 2.24) is 0 Å². The predicted molar refractivity (Wildman–Crippen MR) is 132 cm³/mol. The molecule has 0 amide bonds. The van der Waals surface area contributed by atoms with Gasteiger partial charge in [0.25, 0.3) is 0 Å². The van der Waals surface area contributed by atoms with Crippen molar-refractivity contribution in [3.8, 4) is 11.5 Å². The van der Waals surface area contributed by atoms with E-state index >= 15 is 0 Å². The third kappa shape index (κ3) is 10.7. The molecule has 1 rings (SSSR count). The molecule has 0 fully saturated rings. The number of methoxy groups -OCH3 is 2. The van der Waals surface area contributed by atoms with Gasteiger partial charge in [-0.05, 0) is 42.7 Å². The van der Waals surface area contributed by atoms with Crippen LogP contribution in [0, 0.1) is 17.3 Å². The number of ketones is 1. The Kier molecular flexibility index (Phi) is 15.0. The second-order valence-corrected chi connectivity index (χ2v) is 9.29. The van der Waals surface area contributed by atoms with Gasteiger partial charge in [-0.15, -0.1) is 0 Å². The molecule has 0 aliphatic rings. The van der Waals surface area contributed by atoms with E-state index in [-0.39, 0.29) is 17.1 Å². The molecule has 0 aromatic heterocycles. The Morgan fingerprint density at radius 1 is 1.00 bits per heavy atom. The van der Waals surface area contributed by atoms with E-state index in [2.05, 4.69) is 34.6 Å². The third-order valence-corrected chi connectivity index (χ3v) is 5.12. The van der Waals surface area contributed by atoms with Crippen molar-refractivity contribution in [3.63, 3.8) is 0 Å². The second-order valence-electron chi connectivity index (χ2n) is 9.29. The van der Waals surface area contributed by atoms with Gasteiger partial charge in [-0.1, -0.05) is 59.9 Å². The Hall–Kier alpha value is -1.81. The van der Waals surface area contributed by atoms with Crippen LogP contribution in [0.3, 0.4) is 0 Å². The number of esters is 1. The fourth-order valence-corrected chi connectivity index (χ4v) is 3.91. The maximum atomic E-state index is 13.5. The average molecular weight is 471 g/mol. The van der Waals surface area contributed by atoms with E-state index in [4.69, 9.17) is 18.8 Å². The van der Waals surface area contributed by atoms with Crippen LogP contribution in [0.25, 0.3) is 0 Å². The number of carbonyl (C=O) groups excluding carboxylic acids is 2. The Bertz CT molecular complexity index is 676. The number of rotatable bonds is 13. The Balaban J connectivity index is 0.00000466. The molecular formula is C25H43O6P. The van der Waals surface area contributed by atoms with Crippen molar-refractivity contribution in [3.05, 3.63) is 23.8 Å². The van der Waals surface area contributed by atoms with E-state index in [1.54, 1.807) is 18.2 Å². The summed E-state index contributed by atoms with van der Waals surface area (Å²) in [6.45, 7) is 11.1. The first-order chi connectivity index (χ1) is 15.1. The molecule has 3 unspecified atom stereocenters. The maximum Gasteiger partial charge on any atom is 0.316 e. The van der Waals surface area contributed by atoms with Crippen molar-refractivity contribution in [2.75, 3.05) is 20.8 Å². The molecule has 0 heterocycles. The molecule has 0 N–H and O–H groups in total. The SMILES string of the molecule is CCCCCCOC(=O)C(CC(C)CC(C)(C)C)C(=O)c1c(OC)cccc1OC.O=[PH3]. The van der Waals surface area contributed by atoms with Crippen LogP contribution >= 0.6 is 9.12 Å². The molecule has 3 atom stereocenters. The van der Waals surface area contributed by atoms with Gasteiger partial charge in [-0.25, -0.2) is 0 Å². The largest absolute Gasteiger partial charge is 0.496 e. The standard InChI is InChI=1S/C25H40O5.H3OP/c1-8-9-10-11-15-30-24(27)19(16-18(2)17-25(3,4)5)23(26)22-20(28-6)13-12-14-21(22)29-7;1-2/h12-14,18-19H,8-11,15-17H2,1-7H3;2H3. The molecule has 0 spiro atoms. The van der Waals surface area contributed by atoms with E-state index in [0.29, 0.717) is 39.2 Å². The van der Waals surface area contributed by atoms with E-state index in [9.17, 15) is 9.59 Å². The van der Waals surface area contributed by atoms with Crippen LogP contribution in [-0.4, -0.2) is 32.6 Å². The highest BCUT2D eigenvalue weighted by molar-refractivity contribution is 7.00. The van der Waals surface area contributed by atoms with Crippen molar-refractivity contribution < 1.29 is 28.4 Å². The summed E-state index contributed by atoms with van der Waals surface area (Å²) in [5.74, 6) is -0.632. The summed E-state index contributed by atoms with van der Waals surface area (Å²) >= 11 is 0. The predicted octanol–water partition coefficient (Wildman–Crippen LogP) is 6.03. The van der Waals surface area contributed by atoms with Gasteiger partial charge >= 0.3 is 5.97 Å². The molecule has 0 bridgehead atoms. The highest BCUT2D eigenvalue weighted by Gasteiger charge is 2.35. The topological polar surface area (TPSA) is 78.9 Å². The molecule has 32 heavy (non-hydrogen) atoms. The first kappa shape index (κ1) is 30.2. The monoisotopic (exact) mass is 470 g/mol. The molecule has 0 saturated heterocycles. The van der Waals surface area contributed by atoms with Crippen molar-refractivity contribution >= 4 is 20.9 Å². The van der Waals surface area contributed by atoms with Crippen molar-refractivity contribution in [1.29, 1.82) is 0 Å². The van der Waals surface area contributed by atoms with Gasteiger partial charge in [0.2, 0.25) is 0 Å². The zero-order valence-electron chi connectivity index (χ0n) is 21.0. The summed E-state index contributed by atoms with van der Waals surface area (Å²) in [7, 11) is 3.63. The van der Waals surface area contributed by atoms with E-state index in [0.717, 1.165) is 32.1 Å². The minimum absolute atomic E-state index is 0.110. The van der Waals surface area contributed by atoms with Gasteiger partial charge in [0.15, 0.2) is 5.78 Å². The molecule has 1 aromatic rings. The smallest absolute Gasteiger partial charge is 0.316 e. The minimum Gasteiger partial charge on any atom is -0.496 e. The highest BCUT2D eigenvalue weighted by Crippen LogP contribution is 2.34. The number of benzene rings is 1. The lowest BCUT2D eigenvalue weighted by Gasteiger charge is -2.26. The summed E-state index contributed by atoms with van der Waals surface area (Å²) in [4.78, 5) is 26.5. The molecule has 0 radical (unpaired) electrons. The highest BCUT2D eigenvalue weighted by atomic mass is 31.0. The quantitative estimate of drug-likeness (QED) is 0.115. The van der Waals surface area contributed by atoms with E-state index in [1.807, 2.05) is 0 Å². The lowest BCUT2D eigenvalue weighted by atomic mass is 9.80. The molecule has 7 heteroatoms. The Labute approximate surface area is 196 Å². The number of unbranched alkanes of at least 4 members (excludes halogenated alkanes) is 3. The van der Waals surface area contributed by atoms with Crippen LogP contribution in [0.5, 0.6) is 11.5 Å². The van der Waals surface area contributed by atoms with Gasteiger partial charge in [0.1, 0.15) is 23.0 Å². The van der Waals surface area contributed by atoms with Gasteiger partial charge in [-0.2, -0.15) is 0 Å². The van der Waals surface area contributed by atoms with Gasteiger partial charge in [0, 0.05) is 0 Å². The maximum absolute atomic E-state index is 13.5.